The lowest BCUT2D eigenvalue weighted by Crippen LogP contribution is -2.48. The number of thiazole rings is 1. The number of nitrogens with one attached hydrogen (secondary N) is 1. The lowest BCUT2D eigenvalue weighted by molar-refractivity contribution is -0.384. The van der Waals surface area contributed by atoms with Crippen molar-refractivity contribution in [2.45, 2.75) is 6.92 Å². The van der Waals surface area contributed by atoms with Crippen LogP contribution >= 0.6 is 11.3 Å². The summed E-state index contributed by atoms with van der Waals surface area (Å²) in [5.74, 6) is -2.26. The van der Waals surface area contributed by atoms with E-state index in [0.29, 0.717) is 31.9 Å². The zero-order valence-corrected chi connectivity index (χ0v) is 18.8. The maximum atomic E-state index is 14.0. The van der Waals surface area contributed by atoms with Gasteiger partial charge in [0.1, 0.15) is 17.3 Å². The van der Waals surface area contributed by atoms with Gasteiger partial charge in [-0.1, -0.05) is 6.07 Å². The number of anilines is 2. The van der Waals surface area contributed by atoms with Crippen molar-refractivity contribution in [2.75, 3.05) is 36.4 Å². The molecule has 1 N–H and O–H groups in total. The molecule has 0 unspecified atom stereocenters. The third-order valence-electron chi connectivity index (χ3n) is 5.44. The highest BCUT2D eigenvalue weighted by molar-refractivity contribution is 7.14. The van der Waals surface area contributed by atoms with Crippen molar-refractivity contribution in [3.05, 3.63) is 69.1 Å². The molecule has 2 heterocycles. The molecule has 34 heavy (non-hydrogen) atoms. The number of hydrogen-bond acceptors (Lipinski definition) is 7. The number of piperazine rings is 1. The van der Waals surface area contributed by atoms with Crippen molar-refractivity contribution in [1.82, 2.24) is 9.88 Å². The van der Waals surface area contributed by atoms with Gasteiger partial charge in [0.2, 0.25) is 5.91 Å². The molecule has 1 aliphatic heterocycles. The molecule has 0 bridgehead atoms. The van der Waals surface area contributed by atoms with Gasteiger partial charge in [-0.25, -0.2) is 13.8 Å². The second-order valence-electron chi connectivity index (χ2n) is 7.54. The molecule has 0 radical (unpaired) electrons. The monoisotopic (exact) mass is 487 g/mol. The average molecular weight is 487 g/mol. The Balaban J connectivity index is 1.52. The molecule has 12 heteroatoms. The van der Waals surface area contributed by atoms with Crippen LogP contribution in [-0.4, -0.2) is 52.8 Å². The Labute approximate surface area is 196 Å². The van der Waals surface area contributed by atoms with Crippen molar-refractivity contribution in [3.8, 4) is 11.3 Å². The molecule has 1 aliphatic rings. The molecule has 0 atom stereocenters. The quantitative estimate of drug-likeness (QED) is 0.432. The first-order chi connectivity index (χ1) is 16.2. The molecule has 0 saturated carbocycles. The van der Waals surface area contributed by atoms with Gasteiger partial charge >= 0.3 is 0 Å². The number of carbonyl (C=O) groups is 2. The van der Waals surface area contributed by atoms with Crippen LogP contribution in [0.15, 0.2) is 41.8 Å². The molecule has 3 aromatic rings. The van der Waals surface area contributed by atoms with Crippen LogP contribution < -0.4 is 10.2 Å². The van der Waals surface area contributed by atoms with Crippen molar-refractivity contribution >= 4 is 39.7 Å². The number of carbonyl (C=O) groups excluding carboxylic acids is 2. The van der Waals surface area contributed by atoms with E-state index in [-0.39, 0.29) is 33.5 Å². The van der Waals surface area contributed by atoms with E-state index in [1.165, 1.54) is 36.6 Å². The zero-order chi connectivity index (χ0) is 24.4. The number of nitro benzene ring substituents is 1. The van der Waals surface area contributed by atoms with Crippen LogP contribution in [0, 0.1) is 21.7 Å². The van der Waals surface area contributed by atoms with Crippen LogP contribution in [0.4, 0.5) is 25.3 Å². The number of nitro groups is 1. The summed E-state index contributed by atoms with van der Waals surface area (Å²) in [4.78, 5) is 42.9. The van der Waals surface area contributed by atoms with Gasteiger partial charge in [0, 0.05) is 50.1 Å². The minimum Gasteiger partial charge on any atom is -0.362 e. The van der Waals surface area contributed by atoms with E-state index in [4.69, 9.17) is 0 Å². The molecule has 1 saturated heterocycles. The first kappa shape index (κ1) is 23.2. The minimum absolute atomic E-state index is 0.0296. The Morgan fingerprint density at radius 1 is 1.12 bits per heavy atom. The standard InChI is InChI=1S/C22H19F2N5O4S/c1-13(30)27-7-9-28(10-8-27)18-6-5-14(11-19(18)29(32)33)21(31)26-22-25-17(12-34-22)20-15(23)3-2-4-16(20)24/h2-6,11-12H,7-10H2,1H3,(H,25,26,31). The molecule has 0 aliphatic carbocycles. The summed E-state index contributed by atoms with van der Waals surface area (Å²) in [5.41, 5.74) is -0.119. The largest absolute Gasteiger partial charge is 0.362 e. The smallest absolute Gasteiger partial charge is 0.293 e. The van der Waals surface area contributed by atoms with Crippen LogP contribution in [0.25, 0.3) is 11.3 Å². The van der Waals surface area contributed by atoms with E-state index in [0.717, 1.165) is 23.5 Å². The third kappa shape index (κ3) is 4.71. The second kappa shape index (κ2) is 9.51. The van der Waals surface area contributed by atoms with E-state index in [1.807, 2.05) is 0 Å². The van der Waals surface area contributed by atoms with Gasteiger partial charge < -0.3 is 9.80 Å². The van der Waals surface area contributed by atoms with Crippen LogP contribution in [0.5, 0.6) is 0 Å². The van der Waals surface area contributed by atoms with Crippen LogP contribution in [0.2, 0.25) is 0 Å². The lowest BCUT2D eigenvalue weighted by Gasteiger charge is -2.35. The van der Waals surface area contributed by atoms with Gasteiger partial charge in [0.15, 0.2) is 5.13 Å². The summed E-state index contributed by atoms with van der Waals surface area (Å²) in [6.45, 7) is 3.23. The Morgan fingerprint density at radius 3 is 2.41 bits per heavy atom. The number of aromatic nitrogens is 1. The Kier molecular flexibility index (Phi) is 6.50. The van der Waals surface area contributed by atoms with Gasteiger partial charge in [-0.2, -0.15) is 0 Å². The molecule has 176 valence electrons. The average Bonchev–Trinajstić information content (AvgIpc) is 3.26. The fraction of sp³-hybridized carbons (Fsp3) is 0.227. The summed E-state index contributed by atoms with van der Waals surface area (Å²) < 4.78 is 28.0. The first-order valence-electron chi connectivity index (χ1n) is 10.2. The number of rotatable bonds is 5. The van der Waals surface area contributed by atoms with Gasteiger partial charge in [-0.15, -0.1) is 11.3 Å². The minimum atomic E-state index is -0.779. The maximum Gasteiger partial charge on any atom is 0.293 e. The molecule has 2 aromatic carbocycles. The molecular formula is C22H19F2N5O4S. The zero-order valence-electron chi connectivity index (χ0n) is 18.0. The van der Waals surface area contributed by atoms with E-state index >= 15 is 0 Å². The van der Waals surface area contributed by atoms with Crippen molar-refractivity contribution < 1.29 is 23.3 Å². The van der Waals surface area contributed by atoms with Gasteiger partial charge in [-0.05, 0) is 24.3 Å². The summed E-state index contributed by atoms with van der Waals surface area (Å²) in [6, 6.07) is 7.59. The number of benzene rings is 2. The summed E-state index contributed by atoms with van der Waals surface area (Å²) in [5, 5.41) is 15.7. The number of halogens is 2. The van der Waals surface area contributed by atoms with Crippen LogP contribution in [-0.2, 0) is 4.79 Å². The number of nitrogens with zero attached hydrogens (tertiary/aromatic N) is 4. The van der Waals surface area contributed by atoms with Crippen LogP contribution in [0.3, 0.4) is 0 Å². The molecule has 2 amide bonds. The number of hydrogen-bond donors (Lipinski definition) is 1. The third-order valence-corrected chi connectivity index (χ3v) is 6.20. The SMILES string of the molecule is CC(=O)N1CCN(c2ccc(C(=O)Nc3nc(-c4c(F)cccc4F)cs3)cc2[N+](=O)[O-])CC1. The molecular weight excluding hydrogens is 468 g/mol. The van der Waals surface area contributed by atoms with Gasteiger partial charge in [0.05, 0.1) is 16.2 Å². The summed E-state index contributed by atoms with van der Waals surface area (Å²) in [6.07, 6.45) is 0. The second-order valence-corrected chi connectivity index (χ2v) is 8.40. The normalized spacial score (nSPS) is 13.6. The molecule has 0 spiro atoms. The summed E-state index contributed by atoms with van der Waals surface area (Å²) >= 11 is 0.973. The van der Waals surface area contributed by atoms with Crippen molar-refractivity contribution in [3.63, 3.8) is 0 Å². The molecule has 9 nitrogen and oxygen atoms in total. The first-order valence-corrected chi connectivity index (χ1v) is 11.1. The molecule has 1 fully saturated rings. The van der Waals surface area contributed by atoms with E-state index < -0.39 is 22.5 Å². The molecule has 4 rings (SSSR count). The van der Waals surface area contributed by atoms with Crippen molar-refractivity contribution in [1.29, 1.82) is 0 Å². The highest BCUT2D eigenvalue weighted by Crippen LogP contribution is 2.32. The van der Waals surface area contributed by atoms with Crippen LogP contribution in [0.1, 0.15) is 17.3 Å². The Bertz CT molecular complexity index is 1250. The van der Waals surface area contributed by atoms with Gasteiger partial charge in [0.25, 0.3) is 11.6 Å². The number of amides is 2. The predicted octanol–water partition coefficient (Wildman–Crippen LogP) is 3.92. The van der Waals surface area contributed by atoms with Crippen molar-refractivity contribution in [2.24, 2.45) is 0 Å². The fourth-order valence-corrected chi connectivity index (χ4v) is 4.39. The fourth-order valence-electron chi connectivity index (χ4n) is 3.70. The Morgan fingerprint density at radius 2 is 1.79 bits per heavy atom. The van der Waals surface area contributed by atoms with E-state index in [9.17, 15) is 28.5 Å². The lowest BCUT2D eigenvalue weighted by atomic mass is 10.1. The maximum absolute atomic E-state index is 14.0. The Hall–Kier alpha value is -3.93. The summed E-state index contributed by atoms with van der Waals surface area (Å²) in [7, 11) is 0. The van der Waals surface area contributed by atoms with E-state index in [1.54, 1.807) is 9.80 Å². The van der Waals surface area contributed by atoms with E-state index in [2.05, 4.69) is 10.3 Å². The van der Waals surface area contributed by atoms with Gasteiger partial charge in [-0.3, -0.25) is 25.0 Å². The topological polar surface area (TPSA) is 109 Å². The molecule has 1 aromatic heterocycles. The highest BCUT2D eigenvalue weighted by atomic mass is 32.1. The highest BCUT2D eigenvalue weighted by Gasteiger charge is 2.26. The predicted molar refractivity (Wildman–Crippen MR) is 123 cm³/mol.